The van der Waals surface area contributed by atoms with Crippen LogP contribution >= 0.6 is 0 Å². The van der Waals surface area contributed by atoms with E-state index in [2.05, 4.69) is 5.32 Å². The highest BCUT2D eigenvalue weighted by Crippen LogP contribution is 2.28. The van der Waals surface area contributed by atoms with Gasteiger partial charge in [-0.2, -0.15) is 4.39 Å². The van der Waals surface area contributed by atoms with Crippen LogP contribution < -0.4 is 11.1 Å². The van der Waals surface area contributed by atoms with Crippen molar-refractivity contribution in [3.63, 3.8) is 0 Å². The van der Waals surface area contributed by atoms with E-state index in [-0.39, 0.29) is 6.54 Å². The fourth-order valence-electron chi connectivity index (χ4n) is 2.03. The molecule has 3 N–H and O–H groups in total. The highest BCUT2D eigenvalue weighted by Gasteiger charge is 2.33. The van der Waals surface area contributed by atoms with Crippen molar-refractivity contribution in [3.05, 3.63) is 39.4 Å². The van der Waals surface area contributed by atoms with Gasteiger partial charge in [-0.25, -0.2) is 4.39 Å². The molecule has 20 heavy (non-hydrogen) atoms. The topological polar surface area (TPSA) is 98.3 Å². The van der Waals surface area contributed by atoms with Crippen LogP contribution in [-0.2, 0) is 0 Å². The van der Waals surface area contributed by atoms with Gasteiger partial charge in [0.1, 0.15) is 5.82 Å². The molecule has 1 saturated carbocycles. The van der Waals surface area contributed by atoms with E-state index in [0.717, 1.165) is 19.3 Å². The molecule has 6 nitrogen and oxygen atoms in total. The van der Waals surface area contributed by atoms with Gasteiger partial charge in [0.15, 0.2) is 0 Å². The van der Waals surface area contributed by atoms with Crippen LogP contribution in [0.2, 0.25) is 0 Å². The largest absolute Gasteiger partial charge is 0.350 e. The fraction of sp³-hybridized carbons (Fsp3) is 0.417. The molecule has 1 aliphatic rings. The lowest BCUT2D eigenvalue weighted by atomic mass is 9.78. The van der Waals surface area contributed by atoms with E-state index in [1.807, 2.05) is 0 Å². The third kappa shape index (κ3) is 2.74. The van der Waals surface area contributed by atoms with Crippen LogP contribution in [0, 0.1) is 21.7 Å². The zero-order valence-electron chi connectivity index (χ0n) is 10.5. The smallest absolute Gasteiger partial charge is 0.308 e. The van der Waals surface area contributed by atoms with Crippen LogP contribution in [0.3, 0.4) is 0 Å². The number of hydrogen-bond donors (Lipinski definition) is 2. The van der Waals surface area contributed by atoms with Crippen LogP contribution in [0.5, 0.6) is 0 Å². The van der Waals surface area contributed by atoms with Crippen LogP contribution in [0.25, 0.3) is 0 Å². The van der Waals surface area contributed by atoms with Crippen LogP contribution in [0.15, 0.2) is 12.1 Å². The normalized spacial score (nSPS) is 16.4. The quantitative estimate of drug-likeness (QED) is 0.646. The predicted octanol–water partition coefficient (Wildman–Crippen LogP) is 1.48. The van der Waals surface area contributed by atoms with Crippen molar-refractivity contribution >= 4 is 11.6 Å². The Balaban J connectivity index is 2.19. The van der Waals surface area contributed by atoms with Gasteiger partial charge < -0.3 is 11.1 Å². The molecule has 1 aromatic rings. The van der Waals surface area contributed by atoms with Crippen LogP contribution in [0.4, 0.5) is 14.5 Å². The van der Waals surface area contributed by atoms with Crippen molar-refractivity contribution in [1.29, 1.82) is 0 Å². The monoisotopic (exact) mass is 285 g/mol. The molecule has 1 fully saturated rings. The average Bonchev–Trinajstić information content (AvgIpc) is 2.35. The zero-order valence-corrected chi connectivity index (χ0v) is 10.5. The van der Waals surface area contributed by atoms with E-state index in [9.17, 15) is 23.7 Å². The molecule has 1 aliphatic carbocycles. The summed E-state index contributed by atoms with van der Waals surface area (Å²) >= 11 is 0. The number of nitrogens with zero attached hydrogens (tertiary/aromatic N) is 1. The van der Waals surface area contributed by atoms with Crippen molar-refractivity contribution in [2.45, 2.75) is 24.8 Å². The molecular weight excluding hydrogens is 272 g/mol. The van der Waals surface area contributed by atoms with Gasteiger partial charge in [-0.3, -0.25) is 14.9 Å². The number of halogens is 2. The summed E-state index contributed by atoms with van der Waals surface area (Å²) in [5, 5.41) is 13.0. The van der Waals surface area contributed by atoms with Crippen LogP contribution in [-0.4, -0.2) is 22.9 Å². The number of rotatable bonds is 4. The van der Waals surface area contributed by atoms with Crippen molar-refractivity contribution in [2.75, 3.05) is 6.54 Å². The van der Waals surface area contributed by atoms with E-state index in [4.69, 9.17) is 5.73 Å². The van der Waals surface area contributed by atoms with Crippen LogP contribution in [0.1, 0.15) is 29.6 Å². The first-order valence-corrected chi connectivity index (χ1v) is 6.03. The van der Waals surface area contributed by atoms with Gasteiger partial charge in [0, 0.05) is 12.1 Å². The summed E-state index contributed by atoms with van der Waals surface area (Å²) in [5.41, 5.74) is 3.60. The van der Waals surface area contributed by atoms with E-state index in [1.165, 1.54) is 0 Å². The van der Waals surface area contributed by atoms with E-state index in [0.29, 0.717) is 12.1 Å². The van der Waals surface area contributed by atoms with Crippen molar-refractivity contribution in [3.8, 4) is 0 Å². The number of nitro groups is 1. The molecule has 0 spiro atoms. The maximum atomic E-state index is 13.8. The summed E-state index contributed by atoms with van der Waals surface area (Å²) in [7, 11) is 0. The molecule has 0 heterocycles. The lowest BCUT2D eigenvalue weighted by Gasteiger charge is -2.38. The van der Waals surface area contributed by atoms with E-state index >= 15 is 0 Å². The zero-order chi connectivity index (χ0) is 14.9. The van der Waals surface area contributed by atoms with Gasteiger partial charge in [0.2, 0.25) is 5.82 Å². The Bertz CT molecular complexity index is 573. The van der Waals surface area contributed by atoms with Gasteiger partial charge in [-0.15, -0.1) is 0 Å². The second-order valence-corrected chi connectivity index (χ2v) is 4.94. The summed E-state index contributed by atoms with van der Waals surface area (Å²) in [6.45, 7) is 0.121. The number of carbonyl (C=O) groups is 1. The van der Waals surface area contributed by atoms with Crippen molar-refractivity contribution in [1.82, 2.24) is 5.32 Å². The van der Waals surface area contributed by atoms with Crippen molar-refractivity contribution < 1.29 is 18.5 Å². The molecule has 0 bridgehead atoms. The fourth-order valence-corrected chi connectivity index (χ4v) is 2.03. The van der Waals surface area contributed by atoms with Gasteiger partial charge >= 0.3 is 5.69 Å². The molecule has 1 amide bonds. The third-order valence-corrected chi connectivity index (χ3v) is 3.41. The molecule has 108 valence electrons. The Morgan fingerprint density at radius 3 is 2.60 bits per heavy atom. The molecule has 2 rings (SSSR count). The first-order valence-electron chi connectivity index (χ1n) is 6.03. The van der Waals surface area contributed by atoms with Crippen molar-refractivity contribution in [2.24, 2.45) is 5.73 Å². The number of nitrogens with one attached hydrogen (secondary N) is 1. The maximum Gasteiger partial charge on any atom is 0.308 e. The van der Waals surface area contributed by atoms with E-state index in [1.54, 1.807) is 0 Å². The minimum absolute atomic E-state index is 0.121. The Morgan fingerprint density at radius 2 is 2.10 bits per heavy atom. The predicted molar refractivity (Wildman–Crippen MR) is 66.1 cm³/mol. The number of carbonyl (C=O) groups excluding carboxylic acids is 1. The molecule has 0 unspecified atom stereocenters. The Morgan fingerprint density at radius 1 is 1.45 bits per heavy atom. The highest BCUT2D eigenvalue weighted by molar-refractivity contribution is 5.95. The molecule has 0 aromatic heterocycles. The number of nitrogens with two attached hydrogens (primary N) is 1. The summed E-state index contributed by atoms with van der Waals surface area (Å²) in [6.07, 6.45) is 2.42. The Kier molecular flexibility index (Phi) is 3.67. The lowest BCUT2D eigenvalue weighted by molar-refractivity contribution is -0.387. The second-order valence-electron chi connectivity index (χ2n) is 4.94. The molecule has 8 heteroatoms. The summed E-state index contributed by atoms with van der Waals surface area (Å²) in [4.78, 5) is 21.3. The molecule has 0 saturated heterocycles. The number of hydrogen-bond acceptors (Lipinski definition) is 4. The molecule has 0 atom stereocenters. The third-order valence-electron chi connectivity index (χ3n) is 3.41. The van der Waals surface area contributed by atoms with Gasteiger partial charge in [0.25, 0.3) is 5.91 Å². The Labute approximate surface area is 113 Å². The lowest BCUT2D eigenvalue weighted by Crippen LogP contribution is -2.55. The summed E-state index contributed by atoms with van der Waals surface area (Å²) in [5.74, 6) is -3.32. The first kappa shape index (κ1) is 14.3. The summed E-state index contributed by atoms with van der Waals surface area (Å²) < 4.78 is 27.0. The van der Waals surface area contributed by atoms with E-state index < -0.39 is 39.3 Å². The minimum Gasteiger partial charge on any atom is -0.350 e. The molecular formula is C12H13F2N3O3. The number of nitro benzene ring substituents is 1. The molecule has 0 radical (unpaired) electrons. The first-order chi connectivity index (χ1) is 9.32. The highest BCUT2D eigenvalue weighted by atomic mass is 19.1. The minimum atomic E-state index is -1.35. The maximum absolute atomic E-state index is 13.8. The SMILES string of the molecule is NC1(CNC(=O)c2cc(F)cc([N+](=O)[O-])c2F)CCC1. The summed E-state index contributed by atoms with van der Waals surface area (Å²) in [6, 6.07) is 1.06. The van der Waals surface area contributed by atoms with Gasteiger partial charge in [0.05, 0.1) is 16.6 Å². The molecule has 1 aromatic carbocycles. The Hall–Kier alpha value is -2.09. The molecule has 0 aliphatic heterocycles. The van der Waals surface area contributed by atoms with Gasteiger partial charge in [-0.05, 0) is 25.3 Å². The van der Waals surface area contributed by atoms with Gasteiger partial charge in [-0.1, -0.05) is 0 Å². The average molecular weight is 285 g/mol. The standard InChI is InChI=1S/C12H13F2N3O3/c13-7-4-8(10(14)9(5-7)17(19)20)11(18)16-6-12(15)2-1-3-12/h4-5H,1-3,6,15H2,(H,16,18). The number of benzene rings is 1. The second kappa shape index (κ2) is 5.12. The number of amides is 1.